The maximum Gasteiger partial charge on any atom is 0.162 e. The van der Waals surface area contributed by atoms with Crippen LogP contribution in [0.4, 0.5) is 5.69 Å². The molecule has 0 spiro atoms. The lowest BCUT2D eigenvalue weighted by Crippen LogP contribution is -2.08. The number of rotatable bonds is 7. The monoisotopic (exact) mass is 262 g/mol. The van der Waals surface area contributed by atoms with E-state index in [9.17, 15) is 0 Å². The van der Waals surface area contributed by atoms with Gasteiger partial charge >= 0.3 is 0 Å². The molecule has 0 radical (unpaired) electrons. The molecular weight excluding hydrogens is 240 g/mol. The van der Waals surface area contributed by atoms with Gasteiger partial charge in [-0.25, -0.2) is 0 Å². The Balaban J connectivity index is 2.36. The first-order valence-electron chi connectivity index (χ1n) is 6.46. The molecule has 0 saturated heterocycles. The van der Waals surface area contributed by atoms with Crippen molar-refractivity contribution in [2.75, 3.05) is 19.5 Å². The lowest BCUT2D eigenvalue weighted by Gasteiger charge is -2.15. The number of hydrogen-bond donors (Lipinski definition) is 1. The standard InChI is InChI=1S/C15H22N2O2/c1-15(2,11-16)8-4-5-9-19-13-7-6-12(17)10-14(13)18-3/h6-7,10H,4-5,8-9,17H2,1-3H3. The zero-order valence-electron chi connectivity index (χ0n) is 11.9. The third-order valence-electron chi connectivity index (χ3n) is 2.94. The van der Waals surface area contributed by atoms with E-state index in [1.165, 1.54) is 0 Å². The van der Waals surface area contributed by atoms with E-state index >= 15 is 0 Å². The average Bonchev–Trinajstić information content (AvgIpc) is 2.39. The maximum absolute atomic E-state index is 8.91. The van der Waals surface area contributed by atoms with Gasteiger partial charge in [0.1, 0.15) is 0 Å². The molecule has 1 aromatic carbocycles. The minimum Gasteiger partial charge on any atom is -0.493 e. The Labute approximate surface area is 115 Å². The van der Waals surface area contributed by atoms with Gasteiger partial charge in [-0.2, -0.15) is 5.26 Å². The predicted octanol–water partition coefficient (Wildman–Crippen LogP) is 3.38. The molecule has 0 aliphatic heterocycles. The largest absolute Gasteiger partial charge is 0.493 e. The molecule has 0 aromatic heterocycles. The fourth-order valence-corrected chi connectivity index (χ4v) is 1.71. The summed E-state index contributed by atoms with van der Waals surface area (Å²) in [7, 11) is 1.59. The summed E-state index contributed by atoms with van der Waals surface area (Å²) in [5.74, 6) is 1.36. The van der Waals surface area contributed by atoms with Gasteiger partial charge in [-0.1, -0.05) is 0 Å². The van der Waals surface area contributed by atoms with Crippen LogP contribution in [0.3, 0.4) is 0 Å². The van der Waals surface area contributed by atoms with Crippen LogP contribution in [-0.2, 0) is 0 Å². The van der Waals surface area contributed by atoms with Crippen molar-refractivity contribution >= 4 is 5.69 Å². The molecule has 2 N–H and O–H groups in total. The molecule has 1 rings (SSSR count). The molecule has 0 fully saturated rings. The molecule has 0 aliphatic carbocycles. The Morgan fingerprint density at radius 2 is 2.00 bits per heavy atom. The highest BCUT2D eigenvalue weighted by molar-refractivity contribution is 5.51. The Bertz CT molecular complexity index is 450. The highest BCUT2D eigenvalue weighted by Gasteiger charge is 2.15. The SMILES string of the molecule is COc1cc(N)ccc1OCCCCC(C)(C)C#N. The van der Waals surface area contributed by atoms with Gasteiger partial charge in [0.25, 0.3) is 0 Å². The van der Waals surface area contributed by atoms with Crippen molar-refractivity contribution in [2.24, 2.45) is 5.41 Å². The lowest BCUT2D eigenvalue weighted by atomic mass is 9.89. The minimum atomic E-state index is -0.251. The second kappa shape index (κ2) is 6.89. The summed E-state index contributed by atoms with van der Waals surface area (Å²) >= 11 is 0. The summed E-state index contributed by atoms with van der Waals surface area (Å²) in [5, 5.41) is 8.91. The number of benzene rings is 1. The molecule has 0 aliphatic rings. The molecule has 0 heterocycles. The fourth-order valence-electron chi connectivity index (χ4n) is 1.71. The number of nitrogen functional groups attached to an aromatic ring is 1. The first-order chi connectivity index (χ1) is 8.98. The number of anilines is 1. The van der Waals surface area contributed by atoms with Gasteiger partial charge < -0.3 is 15.2 Å². The van der Waals surface area contributed by atoms with Crippen LogP contribution in [0.5, 0.6) is 11.5 Å². The number of nitriles is 1. The molecule has 104 valence electrons. The van der Waals surface area contributed by atoms with Gasteiger partial charge in [0.15, 0.2) is 11.5 Å². The maximum atomic E-state index is 8.91. The Morgan fingerprint density at radius 3 is 2.63 bits per heavy atom. The van der Waals surface area contributed by atoms with Gasteiger partial charge in [0, 0.05) is 11.8 Å². The second-order valence-electron chi connectivity index (χ2n) is 5.21. The topological polar surface area (TPSA) is 68.3 Å². The van der Waals surface area contributed by atoms with Crippen molar-refractivity contribution in [1.82, 2.24) is 0 Å². The highest BCUT2D eigenvalue weighted by atomic mass is 16.5. The average molecular weight is 262 g/mol. The fraction of sp³-hybridized carbons (Fsp3) is 0.533. The number of nitrogens with zero attached hydrogens (tertiary/aromatic N) is 1. The normalized spacial score (nSPS) is 10.8. The van der Waals surface area contributed by atoms with E-state index in [2.05, 4.69) is 6.07 Å². The summed E-state index contributed by atoms with van der Waals surface area (Å²) in [6.45, 7) is 4.52. The highest BCUT2D eigenvalue weighted by Crippen LogP contribution is 2.29. The molecule has 0 atom stereocenters. The summed E-state index contributed by atoms with van der Waals surface area (Å²) < 4.78 is 10.9. The van der Waals surface area contributed by atoms with E-state index in [1.54, 1.807) is 19.2 Å². The van der Waals surface area contributed by atoms with Crippen LogP contribution < -0.4 is 15.2 Å². The quantitative estimate of drug-likeness (QED) is 0.604. The Morgan fingerprint density at radius 1 is 1.26 bits per heavy atom. The number of unbranched alkanes of at least 4 members (excludes halogenated alkanes) is 1. The number of hydrogen-bond acceptors (Lipinski definition) is 4. The first kappa shape index (κ1) is 15.2. The van der Waals surface area contributed by atoms with Crippen molar-refractivity contribution in [3.63, 3.8) is 0 Å². The summed E-state index contributed by atoms with van der Waals surface area (Å²) in [6.07, 6.45) is 2.77. The molecule has 0 amide bonds. The summed E-state index contributed by atoms with van der Waals surface area (Å²) in [5.41, 5.74) is 6.08. The van der Waals surface area contributed by atoms with Gasteiger partial charge in [-0.05, 0) is 45.2 Å². The number of nitrogens with two attached hydrogens (primary N) is 1. The van der Waals surface area contributed by atoms with E-state index in [1.807, 2.05) is 19.9 Å². The van der Waals surface area contributed by atoms with Crippen molar-refractivity contribution < 1.29 is 9.47 Å². The lowest BCUT2D eigenvalue weighted by molar-refractivity contribution is 0.278. The summed E-state index contributed by atoms with van der Waals surface area (Å²) in [6, 6.07) is 7.65. The van der Waals surface area contributed by atoms with Crippen LogP contribution in [0.1, 0.15) is 33.1 Å². The van der Waals surface area contributed by atoms with E-state index in [0.717, 1.165) is 19.3 Å². The van der Waals surface area contributed by atoms with E-state index in [-0.39, 0.29) is 5.41 Å². The van der Waals surface area contributed by atoms with Gasteiger partial charge in [-0.15, -0.1) is 0 Å². The molecule has 4 heteroatoms. The third kappa shape index (κ3) is 5.09. The predicted molar refractivity (Wildman–Crippen MR) is 76.1 cm³/mol. The minimum absolute atomic E-state index is 0.251. The Hall–Kier alpha value is -1.89. The van der Waals surface area contributed by atoms with Crippen molar-refractivity contribution in [1.29, 1.82) is 5.26 Å². The zero-order chi connectivity index (χ0) is 14.3. The van der Waals surface area contributed by atoms with Crippen LogP contribution in [0.25, 0.3) is 0 Å². The zero-order valence-corrected chi connectivity index (χ0v) is 11.9. The Kier molecular flexibility index (Phi) is 5.50. The molecule has 0 bridgehead atoms. The second-order valence-corrected chi connectivity index (χ2v) is 5.21. The van der Waals surface area contributed by atoms with Gasteiger partial charge in [0.05, 0.1) is 25.2 Å². The van der Waals surface area contributed by atoms with Crippen LogP contribution >= 0.6 is 0 Å². The van der Waals surface area contributed by atoms with E-state index < -0.39 is 0 Å². The van der Waals surface area contributed by atoms with Gasteiger partial charge in [0.2, 0.25) is 0 Å². The van der Waals surface area contributed by atoms with Crippen LogP contribution in [-0.4, -0.2) is 13.7 Å². The van der Waals surface area contributed by atoms with Crippen molar-refractivity contribution in [3.05, 3.63) is 18.2 Å². The van der Waals surface area contributed by atoms with E-state index in [4.69, 9.17) is 20.5 Å². The molecule has 0 saturated carbocycles. The number of methoxy groups -OCH3 is 1. The van der Waals surface area contributed by atoms with E-state index in [0.29, 0.717) is 23.8 Å². The van der Waals surface area contributed by atoms with Crippen LogP contribution in [0.2, 0.25) is 0 Å². The van der Waals surface area contributed by atoms with Crippen molar-refractivity contribution in [3.8, 4) is 17.6 Å². The third-order valence-corrected chi connectivity index (χ3v) is 2.94. The molecule has 0 unspecified atom stereocenters. The first-order valence-corrected chi connectivity index (χ1v) is 6.46. The molecule has 4 nitrogen and oxygen atoms in total. The molecular formula is C15H22N2O2. The van der Waals surface area contributed by atoms with Crippen LogP contribution in [0.15, 0.2) is 18.2 Å². The van der Waals surface area contributed by atoms with Crippen LogP contribution in [0, 0.1) is 16.7 Å². The van der Waals surface area contributed by atoms with Gasteiger partial charge in [-0.3, -0.25) is 0 Å². The smallest absolute Gasteiger partial charge is 0.162 e. The van der Waals surface area contributed by atoms with Crippen molar-refractivity contribution in [2.45, 2.75) is 33.1 Å². The summed E-state index contributed by atoms with van der Waals surface area (Å²) in [4.78, 5) is 0. The molecule has 1 aromatic rings. The molecule has 19 heavy (non-hydrogen) atoms. The number of ether oxygens (including phenoxy) is 2.